The van der Waals surface area contributed by atoms with Crippen molar-refractivity contribution in [3.05, 3.63) is 82.1 Å². The molecule has 3 heteroatoms. The van der Waals surface area contributed by atoms with Crippen molar-refractivity contribution >= 4 is 27.9 Å². The molecule has 142 valence electrons. The second kappa shape index (κ2) is 7.69. The third kappa shape index (κ3) is 3.72. The van der Waals surface area contributed by atoms with Gasteiger partial charge in [-0.2, -0.15) is 0 Å². The van der Waals surface area contributed by atoms with Crippen LogP contribution in [-0.2, 0) is 19.3 Å². The van der Waals surface area contributed by atoms with Gasteiger partial charge in [-0.05, 0) is 77.3 Å². The molecule has 28 heavy (non-hydrogen) atoms. The van der Waals surface area contributed by atoms with Crippen molar-refractivity contribution in [2.75, 3.05) is 19.6 Å². The monoisotopic (exact) mass is 388 g/mol. The number of rotatable bonds is 4. The normalized spacial score (nSPS) is 17.0. The van der Waals surface area contributed by atoms with Crippen molar-refractivity contribution in [2.45, 2.75) is 32.1 Å². The van der Waals surface area contributed by atoms with E-state index in [1.165, 1.54) is 41.2 Å². The van der Waals surface area contributed by atoms with E-state index in [9.17, 15) is 0 Å². The molecule has 1 aromatic heterocycles. The number of hydrogen-bond donors (Lipinski definition) is 0. The lowest BCUT2D eigenvalue weighted by molar-refractivity contribution is 0.305. The number of aromatic nitrogens is 1. The Morgan fingerprint density at radius 3 is 2.57 bits per heavy atom. The van der Waals surface area contributed by atoms with E-state index in [-0.39, 0.29) is 0 Å². The van der Waals surface area contributed by atoms with Crippen LogP contribution in [0.5, 0.6) is 0 Å². The molecule has 3 aromatic rings. The lowest BCUT2D eigenvalue weighted by atomic mass is 9.99. The average Bonchev–Trinajstić information content (AvgIpc) is 3.18. The molecule has 0 amide bonds. The largest absolute Gasteiger partial charge is 0.299 e. The van der Waals surface area contributed by atoms with Crippen LogP contribution in [0.4, 0.5) is 0 Å². The Morgan fingerprint density at radius 1 is 0.929 bits per heavy atom. The SMILES string of the molecule is Clc1cccc(C2=CCN(CCc3ccc4cc5c(cc4c3)CCC5)CC2)n1. The highest BCUT2D eigenvalue weighted by atomic mass is 35.5. The molecule has 2 aromatic carbocycles. The Hall–Kier alpha value is -2.16. The van der Waals surface area contributed by atoms with E-state index in [0.717, 1.165) is 38.2 Å². The molecule has 2 heterocycles. The summed E-state index contributed by atoms with van der Waals surface area (Å²) in [6.07, 6.45) is 8.27. The zero-order chi connectivity index (χ0) is 18.9. The van der Waals surface area contributed by atoms with Crippen LogP contribution in [-0.4, -0.2) is 29.5 Å². The zero-order valence-electron chi connectivity index (χ0n) is 16.1. The lowest BCUT2D eigenvalue weighted by Gasteiger charge is -2.26. The van der Waals surface area contributed by atoms with Crippen LogP contribution in [0.3, 0.4) is 0 Å². The lowest BCUT2D eigenvalue weighted by Crippen LogP contribution is -2.30. The van der Waals surface area contributed by atoms with Gasteiger partial charge in [0, 0.05) is 19.6 Å². The summed E-state index contributed by atoms with van der Waals surface area (Å²) in [5, 5.41) is 3.37. The summed E-state index contributed by atoms with van der Waals surface area (Å²) in [7, 11) is 0. The predicted molar refractivity (Wildman–Crippen MR) is 118 cm³/mol. The van der Waals surface area contributed by atoms with Crippen molar-refractivity contribution in [1.82, 2.24) is 9.88 Å². The Kier molecular flexibility index (Phi) is 4.92. The maximum absolute atomic E-state index is 6.03. The number of pyridine rings is 1. The maximum Gasteiger partial charge on any atom is 0.129 e. The van der Waals surface area contributed by atoms with Gasteiger partial charge in [0.1, 0.15) is 5.15 Å². The number of aryl methyl sites for hydroxylation is 2. The fraction of sp³-hybridized carbons (Fsp3) is 0.320. The van der Waals surface area contributed by atoms with E-state index in [1.54, 1.807) is 11.1 Å². The van der Waals surface area contributed by atoms with Crippen LogP contribution >= 0.6 is 11.6 Å². The predicted octanol–water partition coefficient (Wildman–Crippen LogP) is 5.71. The maximum atomic E-state index is 6.03. The minimum Gasteiger partial charge on any atom is -0.299 e. The number of benzene rings is 2. The fourth-order valence-electron chi connectivity index (χ4n) is 4.55. The first-order valence-electron chi connectivity index (χ1n) is 10.3. The van der Waals surface area contributed by atoms with Gasteiger partial charge in [-0.3, -0.25) is 4.90 Å². The summed E-state index contributed by atoms with van der Waals surface area (Å²) in [5.41, 5.74) is 6.91. The minimum atomic E-state index is 0.572. The van der Waals surface area contributed by atoms with Crippen molar-refractivity contribution < 1.29 is 0 Å². The fourth-order valence-corrected chi connectivity index (χ4v) is 4.72. The summed E-state index contributed by atoms with van der Waals surface area (Å²) in [6.45, 7) is 3.18. The molecule has 0 atom stereocenters. The van der Waals surface area contributed by atoms with Gasteiger partial charge in [0.15, 0.2) is 0 Å². The molecule has 0 unspecified atom stereocenters. The first-order chi connectivity index (χ1) is 13.7. The third-order valence-corrected chi connectivity index (χ3v) is 6.38. The smallest absolute Gasteiger partial charge is 0.129 e. The van der Waals surface area contributed by atoms with E-state index >= 15 is 0 Å². The standard InChI is InChI=1S/C25H25ClN2/c26-25-6-2-5-24(27-25)19-10-13-28(14-11-19)12-9-18-7-8-22-16-20-3-1-4-21(20)17-23(22)15-18/h2,5-8,10,15-17H,1,3-4,9,11-14H2. The van der Waals surface area contributed by atoms with Crippen LogP contribution in [0.25, 0.3) is 16.3 Å². The Morgan fingerprint density at radius 2 is 1.79 bits per heavy atom. The molecule has 0 fully saturated rings. The molecular weight excluding hydrogens is 364 g/mol. The second-order valence-electron chi connectivity index (χ2n) is 8.03. The summed E-state index contributed by atoms with van der Waals surface area (Å²) in [6, 6.07) is 17.7. The number of nitrogens with zero attached hydrogens (tertiary/aromatic N) is 2. The third-order valence-electron chi connectivity index (χ3n) is 6.17. The second-order valence-corrected chi connectivity index (χ2v) is 8.42. The molecule has 0 saturated heterocycles. The average molecular weight is 389 g/mol. The molecule has 0 bridgehead atoms. The molecule has 0 spiro atoms. The van der Waals surface area contributed by atoms with E-state index in [4.69, 9.17) is 11.6 Å². The van der Waals surface area contributed by atoms with Gasteiger partial charge in [-0.25, -0.2) is 4.98 Å². The minimum absolute atomic E-state index is 0.572. The van der Waals surface area contributed by atoms with Crippen molar-refractivity contribution in [3.63, 3.8) is 0 Å². The summed E-state index contributed by atoms with van der Waals surface area (Å²) >= 11 is 6.03. The Balaban J connectivity index is 1.24. The molecule has 5 rings (SSSR count). The van der Waals surface area contributed by atoms with E-state index < -0.39 is 0 Å². The molecule has 1 aliphatic carbocycles. The van der Waals surface area contributed by atoms with Crippen molar-refractivity contribution in [2.24, 2.45) is 0 Å². The van der Waals surface area contributed by atoms with Crippen molar-refractivity contribution in [1.29, 1.82) is 0 Å². The van der Waals surface area contributed by atoms with Crippen LogP contribution in [0.1, 0.15) is 35.2 Å². The number of halogens is 1. The first-order valence-corrected chi connectivity index (χ1v) is 10.7. The van der Waals surface area contributed by atoms with E-state index in [0.29, 0.717) is 5.15 Å². The van der Waals surface area contributed by atoms with Gasteiger partial charge in [-0.15, -0.1) is 0 Å². The molecule has 1 aliphatic heterocycles. The topological polar surface area (TPSA) is 16.1 Å². The quantitative estimate of drug-likeness (QED) is 0.532. The highest BCUT2D eigenvalue weighted by molar-refractivity contribution is 6.29. The molecular formula is C25H25ClN2. The van der Waals surface area contributed by atoms with Crippen LogP contribution < -0.4 is 0 Å². The molecule has 0 radical (unpaired) electrons. The van der Waals surface area contributed by atoms with Crippen LogP contribution in [0.15, 0.2) is 54.6 Å². The summed E-state index contributed by atoms with van der Waals surface area (Å²) in [5.74, 6) is 0. The summed E-state index contributed by atoms with van der Waals surface area (Å²) < 4.78 is 0. The molecule has 0 saturated carbocycles. The highest BCUT2D eigenvalue weighted by Crippen LogP contribution is 2.28. The van der Waals surface area contributed by atoms with Crippen LogP contribution in [0.2, 0.25) is 5.15 Å². The van der Waals surface area contributed by atoms with E-state index in [1.807, 2.05) is 12.1 Å². The number of fused-ring (bicyclic) bond motifs is 2. The van der Waals surface area contributed by atoms with Gasteiger partial charge in [0.2, 0.25) is 0 Å². The Bertz CT molecular complexity index is 1050. The van der Waals surface area contributed by atoms with Crippen LogP contribution in [0, 0.1) is 0 Å². The molecule has 2 aliphatic rings. The highest BCUT2D eigenvalue weighted by Gasteiger charge is 2.15. The van der Waals surface area contributed by atoms with E-state index in [2.05, 4.69) is 52.4 Å². The van der Waals surface area contributed by atoms with Gasteiger partial charge >= 0.3 is 0 Å². The van der Waals surface area contributed by atoms with Crippen molar-refractivity contribution in [3.8, 4) is 0 Å². The molecule has 0 N–H and O–H groups in total. The van der Waals surface area contributed by atoms with Gasteiger partial charge in [-0.1, -0.05) is 54.1 Å². The van der Waals surface area contributed by atoms with Gasteiger partial charge in [0.05, 0.1) is 5.69 Å². The number of hydrogen-bond acceptors (Lipinski definition) is 2. The Labute approximate surface area is 171 Å². The molecule has 2 nitrogen and oxygen atoms in total. The zero-order valence-corrected chi connectivity index (χ0v) is 16.9. The first kappa shape index (κ1) is 17.9. The summed E-state index contributed by atoms with van der Waals surface area (Å²) in [4.78, 5) is 6.98. The van der Waals surface area contributed by atoms with Gasteiger partial charge < -0.3 is 0 Å². The van der Waals surface area contributed by atoms with Gasteiger partial charge in [0.25, 0.3) is 0 Å².